The maximum absolute atomic E-state index is 13.7. The van der Waals surface area contributed by atoms with Gasteiger partial charge in [0.1, 0.15) is 5.60 Å². The summed E-state index contributed by atoms with van der Waals surface area (Å²) in [5, 5.41) is 10.6. The Kier molecular flexibility index (Phi) is 5.51. The predicted molar refractivity (Wildman–Crippen MR) is 72.9 cm³/mol. The second kappa shape index (κ2) is 6.70. The van der Waals surface area contributed by atoms with Crippen molar-refractivity contribution in [2.24, 2.45) is 5.92 Å². The minimum absolute atomic E-state index is 0.0914. The first-order valence-corrected chi connectivity index (χ1v) is 6.61. The van der Waals surface area contributed by atoms with Crippen molar-refractivity contribution in [2.75, 3.05) is 13.7 Å². The van der Waals surface area contributed by atoms with E-state index in [-0.39, 0.29) is 12.4 Å². The van der Waals surface area contributed by atoms with Crippen LogP contribution in [0.3, 0.4) is 0 Å². The Labute approximate surface area is 118 Å². The molecule has 0 bridgehead atoms. The summed E-state index contributed by atoms with van der Waals surface area (Å²) in [6.07, 6.45) is 0.388. The fraction of sp³-hybridized carbons (Fsp3) is 0.533. The minimum Gasteiger partial charge on any atom is -0.494 e. The lowest BCUT2D eigenvalue weighted by Crippen LogP contribution is -2.38. The molecule has 0 spiro atoms. The molecule has 0 radical (unpaired) electrons. The average molecular weight is 284 g/mol. The SMILES string of the molecule is CCOC(=O)C(CC)C(C)(O)c1ccc(OC)c(F)c1. The first kappa shape index (κ1) is 16.4. The van der Waals surface area contributed by atoms with Crippen LogP contribution < -0.4 is 4.74 Å². The predicted octanol–water partition coefficient (Wildman–Crippen LogP) is 2.63. The van der Waals surface area contributed by atoms with Gasteiger partial charge in [-0.15, -0.1) is 0 Å². The standard InChI is InChI=1S/C15H21FO4/c1-5-11(14(17)20-6-2)15(3,18)10-7-8-13(19-4)12(16)9-10/h7-9,11,18H,5-6H2,1-4H3. The van der Waals surface area contributed by atoms with Gasteiger partial charge in [0.15, 0.2) is 11.6 Å². The monoisotopic (exact) mass is 284 g/mol. The number of esters is 1. The zero-order chi connectivity index (χ0) is 15.3. The second-order valence-electron chi connectivity index (χ2n) is 4.71. The number of ether oxygens (including phenoxy) is 2. The Morgan fingerprint density at radius 3 is 2.55 bits per heavy atom. The first-order valence-electron chi connectivity index (χ1n) is 6.61. The first-order chi connectivity index (χ1) is 9.38. The summed E-state index contributed by atoms with van der Waals surface area (Å²) in [5.74, 6) is -1.73. The summed E-state index contributed by atoms with van der Waals surface area (Å²) in [7, 11) is 1.36. The van der Waals surface area contributed by atoms with Gasteiger partial charge in [-0.1, -0.05) is 13.0 Å². The van der Waals surface area contributed by atoms with E-state index in [0.29, 0.717) is 12.0 Å². The van der Waals surface area contributed by atoms with Crippen LogP contribution in [0.4, 0.5) is 4.39 Å². The van der Waals surface area contributed by atoms with E-state index in [2.05, 4.69) is 0 Å². The van der Waals surface area contributed by atoms with Crippen molar-refractivity contribution in [3.8, 4) is 5.75 Å². The summed E-state index contributed by atoms with van der Waals surface area (Å²) in [6, 6.07) is 4.15. The molecule has 1 N–H and O–H groups in total. The lowest BCUT2D eigenvalue weighted by molar-refractivity contribution is -0.158. The molecule has 1 aromatic carbocycles. The number of carbonyl (C=O) groups is 1. The number of rotatable bonds is 6. The van der Waals surface area contributed by atoms with Crippen molar-refractivity contribution in [2.45, 2.75) is 32.8 Å². The van der Waals surface area contributed by atoms with E-state index in [9.17, 15) is 14.3 Å². The minimum atomic E-state index is -1.51. The van der Waals surface area contributed by atoms with Crippen LogP contribution in [0, 0.1) is 11.7 Å². The van der Waals surface area contributed by atoms with E-state index in [1.54, 1.807) is 19.9 Å². The van der Waals surface area contributed by atoms with Crippen LogP contribution in [0.5, 0.6) is 5.75 Å². The average Bonchev–Trinajstić information content (AvgIpc) is 2.39. The van der Waals surface area contributed by atoms with Gasteiger partial charge < -0.3 is 14.6 Å². The molecule has 0 aromatic heterocycles. The molecule has 2 atom stereocenters. The Morgan fingerprint density at radius 1 is 1.45 bits per heavy atom. The van der Waals surface area contributed by atoms with Crippen molar-refractivity contribution >= 4 is 5.97 Å². The lowest BCUT2D eigenvalue weighted by Gasteiger charge is -2.31. The molecule has 1 rings (SSSR count). The third kappa shape index (κ3) is 3.28. The number of halogens is 1. The highest BCUT2D eigenvalue weighted by Gasteiger charge is 2.39. The van der Waals surface area contributed by atoms with Gasteiger partial charge in [-0.25, -0.2) is 4.39 Å². The molecule has 5 heteroatoms. The smallest absolute Gasteiger partial charge is 0.312 e. The van der Waals surface area contributed by atoms with E-state index in [1.165, 1.54) is 26.2 Å². The molecule has 4 nitrogen and oxygen atoms in total. The summed E-state index contributed by atoms with van der Waals surface area (Å²) in [5.41, 5.74) is -1.19. The summed E-state index contributed by atoms with van der Waals surface area (Å²) in [6.45, 7) is 5.20. The molecule has 0 aliphatic heterocycles. The summed E-state index contributed by atoms with van der Waals surface area (Å²) in [4.78, 5) is 11.9. The summed E-state index contributed by atoms with van der Waals surface area (Å²) >= 11 is 0. The Bertz CT molecular complexity index is 471. The largest absolute Gasteiger partial charge is 0.494 e. The molecule has 0 saturated heterocycles. The maximum atomic E-state index is 13.7. The van der Waals surface area contributed by atoms with Gasteiger partial charge in [-0.3, -0.25) is 4.79 Å². The summed E-state index contributed by atoms with van der Waals surface area (Å²) < 4.78 is 23.5. The van der Waals surface area contributed by atoms with Crippen molar-refractivity contribution in [1.82, 2.24) is 0 Å². The van der Waals surface area contributed by atoms with Gasteiger partial charge in [-0.05, 0) is 38.0 Å². The maximum Gasteiger partial charge on any atom is 0.312 e. The lowest BCUT2D eigenvalue weighted by atomic mass is 9.81. The fourth-order valence-corrected chi connectivity index (χ4v) is 2.22. The molecule has 0 amide bonds. The van der Waals surface area contributed by atoms with Gasteiger partial charge in [0.05, 0.1) is 19.6 Å². The number of hydrogen-bond acceptors (Lipinski definition) is 4. The van der Waals surface area contributed by atoms with Gasteiger partial charge in [0, 0.05) is 0 Å². The molecule has 0 aliphatic carbocycles. The van der Waals surface area contributed by atoms with Gasteiger partial charge in [0.25, 0.3) is 0 Å². The van der Waals surface area contributed by atoms with Crippen LogP contribution in [0.1, 0.15) is 32.8 Å². The topological polar surface area (TPSA) is 55.8 Å². The van der Waals surface area contributed by atoms with Crippen LogP contribution in [-0.2, 0) is 15.1 Å². The van der Waals surface area contributed by atoms with Crippen LogP contribution in [0.2, 0.25) is 0 Å². The van der Waals surface area contributed by atoms with Crippen molar-refractivity contribution in [1.29, 1.82) is 0 Å². The number of aliphatic hydroxyl groups is 1. The molecule has 2 unspecified atom stereocenters. The Hall–Kier alpha value is -1.62. The number of carbonyl (C=O) groups excluding carboxylic acids is 1. The zero-order valence-electron chi connectivity index (χ0n) is 12.3. The van der Waals surface area contributed by atoms with E-state index in [0.717, 1.165) is 0 Å². The van der Waals surface area contributed by atoms with Crippen LogP contribution >= 0.6 is 0 Å². The third-order valence-electron chi connectivity index (χ3n) is 3.39. The molecular formula is C15H21FO4. The molecule has 0 saturated carbocycles. The normalized spacial score (nSPS) is 15.3. The van der Waals surface area contributed by atoms with E-state index in [4.69, 9.17) is 9.47 Å². The Balaban J connectivity index is 3.12. The van der Waals surface area contributed by atoms with E-state index in [1.807, 2.05) is 0 Å². The molecular weight excluding hydrogens is 263 g/mol. The van der Waals surface area contributed by atoms with Crippen molar-refractivity contribution in [3.63, 3.8) is 0 Å². The zero-order valence-corrected chi connectivity index (χ0v) is 12.3. The second-order valence-corrected chi connectivity index (χ2v) is 4.71. The number of methoxy groups -OCH3 is 1. The quantitative estimate of drug-likeness (QED) is 0.816. The van der Waals surface area contributed by atoms with Gasteiger partial charge in [-0.2, -0.15) is 0 Å². The van der Waals surface area contributed by atoms with Crippen LogP contribution in [0.15, 0.2) is 18.2 Å². The molecule has 0 aliphatic rings. The van der Waals surface area contributed by atoms with Crippen molar-refractivity contribution in [3.05, 3.63) is 29.6 Å². The van der Waals surface area contributed by atoms with E-state index >= 15 is 0 Å². The molecule has 112 valence electrons. The van der Waals surface area contributed by atoms with Crippen LogP contribution in [0.25, 0.3) is 0 Å². The highest BCUT2D eigenvalue weighted by Crippen LogP contribution is 2.34. The molecule has 1 aromatic rings. The molecule has 0 fully saturated rings. The van der Waals surface area contributed by atoms with Gasteiger partial charge >= 0.3 is 5.97 Å². The Morgan fingerprint density at radius 2 is 2.10 bits per heavy atom. The highest BCUT2D eigenvalue weighted by molar-refractivity contribution is 5.74. The van der Waals surface area contributed by atoms with Crippen LogP contribution in [-0.4, -0.2) is 24.8 Å². The third-order valence-corrected chi connectivity index (χ3v) is 3.39. The molecule has 20 heavy (non-hydrogen) atoms. The number of hydrogen-bond donors (Lipinski definition) is 1. The molecule has 0 heterocycles. The van der Waals surface area contributed by atoms with E-state index < -0.39 is 23.3 Å². The number of benzene rings is 1. The fourth-order valence-electron chi connectivity index (χ4n) is 2.22. The van der Waals surface area contributed by atoms with Crippen molar-refractivity contribution < 1.29 is 23.8 Å². The van der Waals surface area contributed by atoms with Gasteiger partial charge in [0.2, 0.25) is 0 Å². The highest BCUT2D eigenvalue weighted by atomic mass is 19.1.